The molecule has 0 amide bonds. The van der Waals surface area contributed by atoms with Crippen LogP contribution in [0.1, 0.15) is 12.2 Å². The number of nitrogens with two attached hydrogens (primary N) is 1. The molecule has 1 heterocycles. The first kappa shape index (κ1) is 10.7. The Morgan fingerprint density at radius 3 is 3.07 bits per heavy atom. The summed E-state index contributed by atoms with van der Waals surface area (Å²) in [4.78, 5) is 10.3. The Labute approximate surface area is 81.5 Å². The summed E-state index contributed by atoms with van der Waals surface area (Å²) in [6.45, 7) is 0.660. The van der Waals surface area contributed by atoms with Crippen LogP contribution in [-0.4, -0.2) is 23.7 Å². The molecule has 0 aliphatic carbocycles. The molecule has 1 atom stereocenters. The number of carbonyl (C=O) groups is 1. The molecule has 1 aromatic heterocycles. The summed E-state index contributed by atoms with van der Waals surface area (Å²) in [6.07, 6.45) is 1.86. The van der Waals surface area contributed by atoms with Crippen LogP contribution >= 0.6 is 0 Å². The second-order valence-electron chi connectivity index (χ2n) is 2.87. The van der Waals surface area contributed by atoms with Gasteiger partial charge in [0.05, 0.1) is 6.26 Å². The molecule has 3 N–H and O–H groups in total. The van der Waals surface area contributed by atoms with Gasteiger partial charge < -0.3 is 20.0 Å². The molecule has 5 nitrogen and oxygen atoms in total. The number of carboxylic acid groups (broad SMARTS) is 1. The quantitative estimate of drug-likeness (QED) is 0.655. The van der Waals surface area contributed by atoms with E-state index in [-0.39, 0.29) is 0 Å². The number of carboxylic acids is 1. The number of hydrogen-bond acceptors (Lipinski definition) is 4. The van der Waals surface area contributed by atoms with E-state index in [4.69, 9.17) is 20.0 Å². The van der Waals surface area contributed by atoms with E-state index in [9.17, 15) is 4.79 Å². The largest absolute Gasteiger partial charge is 0.480 e. The first-order valence-corrected chi connectivity index (χ1v) is 4.28. The van der Waals surface area contributed by atoms with E-state index in [1.807, 2.05) is 0 Å². The summed E-state index contributed by atoms with van der Waals surface area (Å²) < 4.78 is 10.2. The Hall–Kier alpha value is -1.33. The molecule has 78 valence electrons. The molecule has 5 heteroatoms. The minimum atomic E-state index is -1.01. The average Bonchev–Trinajstić information content (AvgIpc) is 2.64. The molecule has 0 saturated carbocycles. The number of furan rings is 1. The van der Waals surface area contributed by atoms with Crippen LogP contribution in [-0.2, 0) is 16.1 Å². The summed E-state index contributed by atoms with van der Waals surface area (Å²) in [7, 11) is 0. The maximum Gasteiger partial charge on any atom is 0.320 e. The van der Waals surface area contributed by atoms with Crippen molar-refractivity contribution in [1.29, 1.82) is 0 Å². The third kappa shape index (κ3) is 3.59. The minimum Gasteiger partial charge on any atom is -0.480 e. The van der Waals surface area contributed by atoms with Gasteiger partial charge in [-0.3, -0.25) is 4.79 Å². The topological polar surface area (TPSA) is 85.7 Å². The van der Waals surface area contributed by atoms with Crippen LogP contribution in [0.25, 0.3) is 0 Å². The highest BCUT2D eigenvalue weighted by molar-refractivity contribution is 5.72. The van der Waals surface area contributed by atoms with E-state index in [0.29, 0.717) is 25.4 Å². The molecule has 0 radical (unpaired) electrons. The number of aliphatic carboxylic acids is 1. The molecule has 0 saturated heterocycles. The van der Waals surface area contributed by atoms with Gasteiger partial charge in [-0.1, -0.05) is 0 Å². The Morgan fingerprint density at radius 2 is 2.50 bits per heavy atom. The Kier molecular flexibility index (Phi) is 4.15. The lowest BCUT2D eigenvalue weighted by Crippen LogP contribution is -2.31. The van der Waals surface area contributed by atoms with Crippen LogP contribution in [0.2, 0.25) is 0 Å². The first-order valence-electron chi connectivity index (χ1n) is 4.28. The fourth-order valence-corrected chi connectivity index (χ4v) is 0.901. The molecule has 0 aliphatic heterocycles. The highest BCUT2D eigenvalue weighted by Gasteiger charge is 2.10. The van der Waals surface area contributed by atoms with Gasteiger partial charge in [0.2, 0.25) is 0 Å². The number of ether oxygens (including phenoxy) is 1. The highest BCUT2D eigenvalue weighted by Crippen LogP contribution is 2.02. The number of rotatable bonds is 6. The standard InChI is InChI=1S/C9H13NO4/c10-8(9(11)12)3-5-13-6-7-2-1-4-14-7/h1-2,4,8H,3,5-6,10H2,(H,11,12). The van der Waals surface area contributed by atoms with Crippen LogP contribution in [0, 0.1) is 0 Å². The summed E-state index contributed by atoms with van der Waals surface area (Å²) in [5.74, 6) is -0.291. The zero-order valence-electron chi connectivity index (χ0n) is 7.68. The fraction of sp³-hybridized carbons (Fsp3) is 0.444. The maximum atomic E-state index is 10.3. The minimum absolute atomic E-state index is 0.302. The highest BCUT2D eigenvalue weighted by atomic mass is 16.5. The van der Waals surface area contributed by atoms with Crippen molar-refractivity contribution in [3.63, 3.8) is 0 Å². The van der Waals surface area contributed by atoms with Crippen molar-refractivity contribution < 1.29 is 19.1 Å². The van der Waals surface area contributed by atoms with E-state index in [2.05, 4.69) is 0 Å². The van der Waals surface area contributed by atoms with E-state index >= 15 is 0 Å². The van der Waals surface area contributed by atoms with E-state index in [1.54, 1.807) is 18.4 Å². The van der Waals surface area contributed by atoms with Crippen LogP contribution < -0.4 is 5.73 Å². The molecule has 0 spiro atoms. The normalized spacial score (nSPS) is 12.6. The monoisotopic (exact) mass is 199 g/mol. The van der Waals surface area contributed by atoms with Crippen LogP contribution in [0.4, 0.5) is 0 Å². The molecule has 0 fully saturated rings. The third-order valence-corrected chi connectivity index (χ3v) is 1.71. The van der Waals surface area contributed by atoms with Gasteiger partial charge in [0, 0.05) is 6.61 Å². The van der Waals surface area contributed by atoms with Crippen LogP contribution in [0.15, 0.2) is 22.8 Å². The zero-order chi connectivity index (χ0) is 10.4. The zero-order valence-corrected chi connectivity index (χ0v) is 7.68. The molecular weight excluding hydrogens is 186 g/mol. The van der Waals surface area contributed by atoms with Gasteiger partial charge in [-0.15, -0.1) is 0 Å². The van der Waals surface area contributed by atoms with Gasteiger partial charge in [-0.25, -0.2) is 0 Å². The van der Waals surface area contributed by atoms with Gasteiger partial charge in [-0.2, -0.15) is 0 Å². The predicted octanol–water partition coefficient (Wildman–Crippen LogP) is 0.598. The van der Waals surface area contributed by atoms with E-state index in [1.165, 1.54) is 0 Å². The lowest BCUT2D eigenvalue weighted by molar-refractivity contribution is -0.139. The van der Waals surface area contributed by atoms with Crippen molar-refractivity contribution in [2.24, 2.45) is 5.73 Å². The Balaban J connectivity index is 2.08. The first-order chi connectivity index (χ1) is 6.70. The SMILES string of the molecule is NC(CCOCc1ccco1)C(=O)O. The molecule has 1 aromatic rings. The van der Waals surface area contributed by atoms with Crippen LogP contribution in [0.3, 0.4) is 0 Å². The van der Waals surface area contributed by atoms with Crippen molar-refractivity contribution in [2.45, 2.75) is 19.1 Å². The molecule has 0 aliphatic rings. The number of hydrogen-bond donors (Lipinski definition) is 2. The lowest BCUT2D eigenvalue weighted by atomic mass is 10.2. The summed E-state index contributed by atoms with van der Waals surface area (Å²) in [5.41, 5.74) is 5.27. The smallest absolute Gasteiger partial charge is 0.320 e. The summed E-state index contributed by atoms with van der Waals surface area (Å²) in [5, 5.41) is 8.47. The Morgan fingerprint density at radius 1 is 1.71 bits per heavy atom. The van der Waals surface area contributed by atoms with Gasteiger partial charge in [-0.05, 0) is 18.6 Å². The second-order valence-corrected chi connectivity index (χ2v) is 2.87. The Bertz CT molecular complexity index is 270. The van der Waals surface area contributed by atoms with Gasteiger partial charge in [0.1, 0.15) is 18.4 Å². The maximum absolute atomic E-state index is 10.3. The van der Waals surface area contributed by atoms with Gasteiger partial charge >= 0.3 is 5.97 Å². The molecular formula is C9H13NO4. The van der Waals surface area contributed by atoms with Crippen molar-refractivity contribution in [3.8, 4) is 0 Å². The van der Waals surface area contributed by atoms with E-state index < -0.39 is 12.0 Å². The molecule has 0 aromatic carbocycles. The second kappa shape index (κ2) is 5.41. The molecule has 1 unspecified atom stereocenters. The van der Waals surface area contributed by atoms with Crippen molar-refractivity contribution in [1.82, 2.24) is 0 Å². The van der Waals surface area contributed by atoms with Crippen molar-refractivity contribution in [3.05, 3.63) is 24.2 Å². The summed E-state index contributed by atoms with van der Waals surface area (Å²) >= 11 is 0. The van der Waals surface area contributed by atoms with Gasteiger partial charge in [0.15, 0.2) is 0 Å². The predicted molar refractivity (Wildman–Crippen MR) is 48.6 cm³/mol. The molecule has 0 bridgehead atoms. The molecule has 1 rings (SSSR count). The van der Waals surface area contributed by atoms with Crippen molar-refractivity contribution in [2.75, 3.05) is 6.61 Å². The van der Waals surface area contributed by atoms with E-state index in [0.717, 1.165) is 0 Å². The van der Waals surface area contributed by atoms with Gasteiger partial charge in [0.25, 0.3) is 0 Å². The summed E-state index contributed by atoms with van der Waals surface area (Å²) in [6, 6.07) is 2.70. The third-order valence-electron chi connectivity index (χ3n) is 1.71. The van der Waals surface area contributed by atoms with Crippen molar-refractivity contribution >= 4 is 5.97 Å². The lowest BCUT2D eigenvalue weighted by Gasteiger charge is -2.05. The molecule has 14 heavy (non-hydrogen) atoms. The average molecular weight is 199 g/mol. The fourth-order valence-electron chi connectivity index (χ4n) is 0.901. The van der Waals surface area contributed by atoms with Crippen LogP contribution in [0.5, 0.6) is 0 Å².